The third-order valence-electron chi connectivity index (χ3n) is 3.99. The summed E-state index contributed by atoms with van der Waals surface area (Å²) in [5.41, 5.74) is 0.232. The first kappa shape index (κ1) is 18.7. The molecule has 8 heteroatoms. The van der Waals surface area contributed by atoms with E-state index in [1.165, 1.54) is 0 Å². The number of ether oxygens (including phenoxy) is 2. The molecule has 2 atom stereocenters. The number of aliphatic carboxylic acids is 1. The quantitative estimate of drug-likeness (QED) is 0.373. The number of anilines is 1. The minimum atomic E-state index is -1.79. The lowest BCUT2D eigenvalue weighted by atomic mass is 9.97. The molecule has 0 aliphatic carbocycles. The van der Waals surface area contributed by atoms with Crippen molar-refractivity contribution >= 4 is 17.6 Å². The summed E-state index contributed by atoms with van der Waals surface area (Å²) in [6.45, 7) is 8.13. The molecular weight excluding hydrogens is 336 g/mol. The fourth-order valence-electron chi connectivity index (χ4n) is 2.68. The van der Waals surface area contributed by atoms with Crippen LogP contribution in [0.25, 0.3) is 0 Å². The van der Waals surface area contributed by atoms with Gasteiger partial charge in [-0.05, 0) is 30.9 Å². The molecule has 1 aliphatic heterocycles. The van der Waals surface area contributed by atoms with E-state index in [9.17, 15) is 23.5 Å². The van der Waals surface area contributed by atoms with Crippen molar-refractivity contribution in [2.45, 2.75) is 45.9 Å². The zero-order valence-electron chi connectivity index (χ0n) is 14.1. The maximum atomic E-state index is 14.4. The minimum absolute atomic E-state index is 0.253. The van der Waals surface area contributed by atoms with E-state index in [0.29, 0.717) is 24.1 Å². The average molecular weight is 354 g/mol. The lowest BCUT2D eigenvalue weighted by Crippen LogP contribution is -2.44. The van der Waals surface area contributed by atoms with Crippen LogP contribution in [0.5, 0.6) is 5.75 Å². The third kappa shape index (κ3) is 3.29. The third-order valence-corrected chi connectivity index (χ3v) is 3.99. The summed E-state index contributed by atoms with van der Waals surface area (Å²) in [4.78, 5) is 22.3. The molecule has 0 radical (unpaired) electrons. The second kappa shape index (κ2) is 7.08. The van der Waals surface area contributed by atoms with Gasteiger partial charge in [0.15, 0.2) is 11.6 Å². The Balaban J connectivity index is 2.39. The number of carbonyl (C=O) groups excluding carboxylic acids is 2. The van der Waals surface area contributed by atoms with Gasteiger partial charge in [0.2, 0.25) is 5.82 Å². The van der Waals surface area contributed by atoms with Gasteiger partial charge < -0.3 is 24.7 Å². The number of hydrogen-bond acceptors (Lipinski definition) is 6. The lowest BCUT2D eigenvalue weighted by molar-refractivity contribution is -0.299. The van der Waals surface area contributed by atoms with Gasteiger partial charge in [-0.1, -0.05) is 20.4 Å². The molecule has 0 spiro atoms. The zero-order valence-corrected chi connectivity index (χ0v) is 14.1. The number of fused-ring (bicyclic) bond motifs is 1. The lowest BCUT2D eigenvalue weighted by Gasteiger charge is -2.34. The molecule has 6 nitrogen and oxygen atoms in total. The number of benzene rings is 1. The summed E-state index contributed by atoms with van der Waals surface area (Å²) in [5.74, 6) is -5.67. The van der Waals surface area contributed by atoms with Crippen molar-refractivity contribution in [3.63, 3.8) is 0 Å². The number of hydrogen-bond donors (Lipinski definition) is 1. The SMILES string of the molecule is C=C(C(=O)[O-])C(=O)OC1Oc2c(F)c(F)c(CC)c(CC)c2NC1C. The molecule has 0 aromatic heterocycles. The topological polar surface area (TPSA) is 87.7 Å². The minimum Gasteiger partial charge on any atom is -0.545 e. The molecule has 0 saturated carbocycles. The Kier molecular flexibility index (Phi) is 5.30. The molecule has 0 saturated heterocycles. The first-order valence-corrected chi connectivity index (χ1v) is 7.79. The molecule has 1 heterocycles. The van der Waals surface area contributed by atoms with Crippen LogP contribution < -0.4 is 15.2 Å². The van der Waals surface area contributed by atoms with Crippen molar-refractivity contribution in [1.29, 1.82) is 0 Å². The normalized spacial score (nSPS) is 18.6. The molecule has 1 N–H and O–H groups in total. The van der Waals surface area contributed by atoms with Gasteiger partial charge in [0.1, 0.15) is 0 Å². The molecule has 0 fully saturated rings. The standard InChI is InChI=1S/C17H19F2NO5/c1-5-9-10(6-2)13-14(12(19)11(9)18)24-17(8(4)20-13)25-16(23)7(3)15(21)22/h8,17,20H,3,5-6H2,1-2,4H3,(H,21,22)/p-1. The van der Waals surface area contributed by atoms with Gasteiger partial charge in [0.25, 0.3) is 6.29 Å². The van der Waals surface area contributed by atoms with Crippen LogP contribution in [0.3, 0.4) is 0 Å². The number of esters is 1. The van der Waals surface area contributed by atoms with E-state index < -0.39 is 47.2 Å². The Morgan fingerprint density at radius 2 is 1.84 bits per heavy atom. The van der Waals surface area contributed by atoms with E-state index in [2.05, 4.69) is 11.9 Å². The molecule has 1 aromatic rings. The number of carbonyl (C=O) groups is 2. The molecule has 0 amide bonds. The molecule has 136 valence electrons. The maximum absolute atomic E-state index is 14.4. The van der Waals surface area contributed by atoms with E-state index in [4.69, 9.17) is 9.47 Å². The molecular formula is C17H18F2NO5-. The van der Waals surface area contributed by atoms with E-state index >= 15 is 0 Å². The van der Waals surface area contributed by atoms with Crippen molar-refractivity contribution in [3.8, 4) is 5.75 Å². The Bertz CT molecular complexity index is 747. The van der Waals surface area contributed by atoms with Crippen molar-refractivity contribution in [2.75, 3.05) is 5.32 Å². The highest BCUT2D eigenvalue weighted by Gasteiger charge is 2.35. The Labute approximate surface area is 143 Å². The van der Waals surface area contributed by atoms with E-state index in [1.807, 2.05) is 0 Å². The van der Waals surface area contributed by atoms with E-state index in [1.54, 1.807) is 20.8 Å². The number of carboxylic acid groups (broad SMARTS) is 1. The second-order valence-electron chi connectivity index (χ2n) is 5.59. The van der Waals surface area contributed by atoms with Crippen LogP contribution in [0, 0.1) is 11.6 Å². The maximum Gasteiger partial charge on any atom is 0.342 e. The zero-order chi connectivity index (χ0) is 18.9. The van der Waals surface area contributed by atoms with Crippen LogP contribution in [-0.4, -0.2) is 24.3 Å². The molecule has 25 heavy (non-hydrogen) atoms. The summed E-state index contributed by atoms with van der Waals surface area (Å²) < 4.78 is 38.8. The summed E-state index contributed by atoms with van der Waals surface area (Å²) in [6, 6.07) is -0.633. The monoisotopic (exact) mass is 354 g/mol. The van der Waals surface area contributed by atoms with Crippen LogP contribution in [-0.2, 0) is 27.2 Å². The van der Waals surface area contributed by atoms with Gasteiger partial charge in [-0.25, -0.2) is 9.18 Å². The van der Waals surface area contributed by atoms with Crippen LogP contribution in [0.4, 0.5) is 14.5 Å². The number of nitrogens with one attached hydrogen (secondary N) is 1. The van der Waals surface area contributed by atoms with Crippen LogP contribution in [0.2, 0.25) is 0 Å². The summed E-state index contributed by atoms with van der Waals surface area (Å²) >= 11 is 0. The number of halogens is 2. The van der Waals surface area contributed by atoms with Gasteiger partial charge in [0.05, 0.1) is 23.3 Å². The molecule has 1 aliphatic rings. The predicted octanol–water partition coefficient (Wildman–Crippen LogP) is 1.46. The highest BCUT2D eigenvalue weighted by Crippen LogP contribution is 2.41. The smallest absolute Gasteiger partial charge is 0.342 e. The number of carboxylic acids is 1. The van der Waals surface area contributed by atoms with Crippen LogP contribution in [0.1, 0.15) is 31.9 Å². The highest BCUT2D eigenvalue weighted by atomic mass is 19.2. The second-order valence-corrected chi connectivity index (χ2v) is 5.59. The fourth-order valence-corrected chi connectivity index (χ4v) is 2.68. The number of rotatable bonds is 5. The van der Waals surface area contributed by atoms with E-state index in [-0.39, 0.29) is 5.56 Å². The first-order valence-electron chi connectivity index (χ1n) is 7.79. The highest BCUT2D eigenvalue weighted by molar-refractivity contribution is 6.11. The van der Waals surface area contributed by atoms with Crippen molar-refractivity contribution in [2.24, 2.45) is 0 Å². The average Bonchev–Trinajstić information content (AvgIpc) is 2.58. The van der Waals surface area contributed by atoms with Crippen molar-refractivity contribution < 1.29 is 33.0 Å². The van der Waals surface area contributed by atoms with Crippen molar-refractivity contribution in [3.05, 3.63) is 34.9 Å². The predicted molar refractivity (Wildman–Crippen MR) is 82.9 cm³/mol. The van der Waals surface area contributed by atoms with Crippen LogP contribution in [0.15, 0.2) is 12.2 Å². The van der Waals surface area contributed by atoms with Gasteiger partial charge in [0, 0.05) is 0 Å². The molecule has 2 unspecified atom stereocenters. The van der Waals surface area contributed by atoms with Gasteiger partial charge in [-0.15, -0.1) is 0 Å². The Morgan fingerprint density at radius 1 is 1.24 bits per heavy atom. The van der Waals surface area contributed by atoms with Crippen molar-refractivity contribution in [1.82, 2.24) is 0 Å². The van der Waals surface area contributed by atoms with Gasteiger partial charge >= 0.3 is 5.97 Å². The Hall–Kier alpha value is -2.64. The van der Waals surface area contributed by atoms with Gasteiger partial charge in [-0.3, -0.25) is 0 Å². The summed E-state index contributed by atoms with van der Waals surface area (Å²) in [7, 11) is 0. The van der Waals surface area contributed by atoms with Gasteiger partial charge in [-0.2, -0.15) is 4.39 Å². The summed E-state index contributed by atoms with van der Waals surface area (Å²) in [5, 5.41) is 13.6. The first-order chi connectivity index (χ1) is 11.7. The largest absolute Gasteiger partial charge is 0.545 e. The molecule has 0 bridgehead atoms. The molecule has 2 rings (SSSR count). The Morgan fingerprint density at radius 3 is 2.36 bits per heavy atom. The van der Waals surface area contributed by atoms with Crippen LogP contribution >= 0.6 is 0 Å². The molecule has 1 aromatic carbocycles. The summed E-state index contributed by atoms with van der Waals surface area (Å²) in [6.07, 6.45) is -0.612. The fraction of sp³-hybridized carbons (Fsp3) is 0.412. The van der Waals surface area contributed by atoms with E-state index in [0.717, 1.165) is 0 Å².